The zero-order valence-electron chi connectivity index (χ0n) is 11.1. The maximum atomic E-state index is 12.2. The molecular weight excluding hydrogens is 274 g/mol. The highest BCUT2D eigenvalue weighted by molar-refractivity contribution is 6.23. The lowest BCUT2D eigenvalue weighted by atomic mass is 10.1. The van der Waals surface area contributed by atoms with Crippen molar-refractivity contribution in [2.75, 3.05) is 5.43 Å². The van der Waals surface area contributed by atoms with Crippen molar-refractivity contribution < 1.29 is 14.4 Å². The predicted octanol–water partition coefficient (Wildman–Crippen LogP) is 0.0329. The molecule has 1 aromatic carbocycles. The SMILES string of the molecule is C[C@@H](C(=O)Nn1cnnc1)N1C(=O)c2ccccc2C1=O. The molecule has 2 aromatic rings. The Hall–Kier alpha value is -3.03. The molecule has 1 N–H and O–H groups in total. The van der Waals surface area contributed by atoms with Gasteiger partial charge in [-0.2, -0.15) is 0 Å². The fourth-order valence-corrected chi connectivity index (χ4v) is 2.16. The smallest absolute Gasteiger partial charge is 0.262 e. The van der Waals surface area contributed by atoms with Crippen LogP contribution in [-0.4, -0.2) is 43.5 Å². The first kappa shape index (κ1) is 13.0. The van der Waals surface area contributed by atoms with Gasteiger partial charge in [-0.15, -0.1) is 10.2 Å². The molecule has 0 radical (unpaired) electrons. The van der Waals surface area contributed by atoms with Gasteiger partial charge in [0.05, 0.1) is 11.1 Å². The fraction of sp³-hybridized carbons (Fsp3) is 0.154. The maximum absolute atomic E-state index is 12.2. The van der Waals surface area contributed by atoms with Crippen molar-refractivity contribution >= 4 is 17.7 Å². The predicted molar refractivity (Wildman–Crippen MR) is 70.8 cm³/mol. The van der Waals surface area contributed by atoms with E-state index in [0.29, 0.717) is 11.1 Å². The first-order valence-corrected chi connectivity index (χ1v) is 6.22. The van der Waals surface area contributed by atoms with E-state index in [1.54, 1.807) is 24.3 Å². The molecule has 0 unspecified atom stereocenters. The van der Waals surface area contributed by atoms with Gasteiger partial charge in [0.2, 0.25) is 0 Å². The molecule has 0 saturated carbocycles. The second-order valence-electron chi connectivity index (χ2n) is 4.55. The zero-order valence-corrected chi connectivity index (χ0v) is 11.1. The van der Waals surface area contributed by atoms with Crippen LogP contribution in [0.5, 0.6) is 0 Å². The number of benzene rings is 1. The maximum Gasteiger partial charge on any atom is 0.262 e. The van der Waals surface area contributed by atoms with Crippen molar-refractivity contribution in [3.05, 3.63) is 48.0 Å². The summed E-state index contributed by atoms with van der Waals surface area (Å²) >= 11 is 0. The van der Waals surface area contributed by atoms with Crippen molar-refractivity contribution in [3.8, 4) is 0 Å². The molecule has 8 nitrogen and oxygen atoms in total. The second-order valence-corrected chi connectivity index (χ2v) is 4.55. The topological polar surface area (TPSA) is 97.2 Å². The molecule has 0 aliphatic carbocycles. The molecule has 3 amide bonds. The molecule has 8 heteroatoms. The van der Waals surface area contributed by atoms with E-state index in [2.05, 4.69) is 15.6 Å². The van der Waals surface area contributed by atoms with Crippen molar-refractivity contribution in [3.63, 3.8) is 0 Å². The number of nitrogens with one attached hydrogen (secondary N) is 1. The minimum atomic E-state index is -0.945. The number of fused-ring (bicyclic) bond motifs is 1. The van der Waals surface area contributed by atoms with E-state index in [1.165, 1.54) is 24.3 Å². The van der Waals surface area contributed by atoms with Gasteiger partial charge in [-0.25, -0.2) is 4.68 Å². The molecule has 2 heterocycles. The van der Waals surface area contributed by atoms with Gasteiger partial charge in [0.25, 0.3) is 17.7 Å². The number of nitrogens with zero attached hydrogens (tertiary/aromatic N) is 4. The number of amides is 3. The molecule has 1 atom stereocenters. The standard InChI is InChI=1S/C13H11N5O3/c1-8(11(19)16-17-6-14-15-7-17)18-12(20)9-4-2-3-5-10(9)13(18)21/h2-8H,1H3,(H,16,19)/t8-/m0/s1. The number of carbonyl (C=O) groups excluding carboxylic acids is 3. The average Bonchev–Trinajstić information content (AvgIpc) is 3.07. The van der Waals surface area contributed by atoms with Gasteiger partial charge in [-0.1, -0.05) is 12.1 Å². The molecule has 21 heavy (non-hydrogen) atoms. The third-order valence-corrected chi connectivity index (χ3v) is 3.25. The first-order valence-electron chi connectivity index (χ1n) is 6.22. The molecule has 1 aromatic heterocycles. The van der Waals surface area contributed by atoms with Crippen molar-refractivity contribution in [1.29, 1.82) is 0 Å². The van der Waals surface area contributed by atoms with Crippen LogP contribution in [0.4, 0.5) is 0 Å². The van der Waals surface area contributed by atoms with Crippen LogP contribution in [0, 0.1) is 0 Å². The van der Waals surface area contributed by atoms with Gasteiger partial charge < -0.3 is 0 Å². The van der Waals surface area contributed by atoms with Gasteiger partial charge in [-0.05, 0) is 19.1 Å². The van der Waals surface area contributed by atoms with E-state index in [4.69, 9.17) is 0 Å². The van der Waals surface area contributed by atoms with E-state index in [0.717, 1.165) is 4.90 Å². The quantitative estimate of drug-likeness (QED) is 0.803. The molecule has 1 aliphatic rings. The molecule has 0 bridgehead atoms. The third kappa shape index (κ3) is 2.06. The average molecular weight is 285 g/mol. The fourth-order valence-electron chi connectivity index (χ4n) is 2.16. The van der Waals surface area contributed by atoms with Crippen molar-refractivity contribution in [2.45, 2.75) is 13.0 Å². The van der Waals surface area contributed by atoms with Crippen LogP contribution < -0.4 is 5.43 Å². The molecular formula is C13H11N5O3. The molecule has 0 saturated heterocycles. The highest BCUT2D eigenvalue weighted by Gasteiger charge is 2.40. The second kappa shape index (κ2) is 4.82. The Morgan fingerprint density at radius 3 is 2.14 bits per heavy atom. The zero-order chi connectivity index (χ0) is 15.0. The lowest BCUT2D eigenvalue weighted by Gasteiger charge is -2.21. The van der Waals surface area contributed by atoms with E-state index < -0.39 is 23.8 Å². The summed E-state index contributed by atoms with van der Waals surface area (Å²) in [7, 11) is 0. The van der Waals surface area contributed by atoms with E-state index in [9.17, 15) is 14.4 Å². The number of hydrogen-bond acceptors (Lipinski definition) is 5. The molecule has 1 aliphatic heterocycles. The van der Waals surface area contributed by atoms with Gasteiger partial charge >= 0.3 is 0 Å². The largest absolute Gasteiger partial charge is 0.271 e. The lowest BCUT2D eigenvalue weighted by Crippen LogP contribution is -2.46. The van der Waals surface area contributed by atoms with Crippen molar-refractivity contribution in [2.24, 2.45) is 0 Å². The normalized spacial score (nSPS) is 15.0. The Morgan fingerprint density at radius 1 is 1.10 bits per heavy atom. The Morgan fingerprint density at radius 2 is 1.62 bits per heavy atom. The highest BCUT2D eigenvalue weighted by atomic mass is 16.2. The van der Waals surface area contributed by atoms with Gasteiger partial charge in [-0.3, -0.25) is 24.7 Å². The summed E-state index contributed by atoms with van der Waals surface area (Å²) in [4.78, 5) is 37.6. The van der Waals surface area contributed by atoms with Crippen LogP contribution in [0.3, 0.4) is 0 Å². The molecule has 106 valence electrons. The highest BCUT2D eigenvalue weighted by Crippen LogP contribution is 2.24. The monoisotopic (exact) mass is 285 g/mol. The van der Waals surface area contributed by atoms with Gasteiger partial charge in [0.15, 0.2) is 0 Å². The number of aromatic nitrogens is 3. The van der Waals surface area contributed by atoms with E-state index in [-0.39, 0.29) is 0 Å². The van der Waals surface area contributed by atoms with Crippen LogP contribution in [0.2, 0.25) is 0 Å². The number of hydrogen-bond donors (Lipinski definition) is 1. The Kier molecular flexibility index (Phi) is 2.98. The molecule has 0 fully saturated rings. The minimum Gasteiger partial charge on any atom is -0.271 e. The van der Waals surface area contributed by atoms with Gasteiger partial charge in [0, 0.05) is 0 Å². The van der Waals surface area contributed by atoms with Crippen LogP contribution in [0.15, 0.2) is 36.9 Å². The molecule has 3 rings (SSSR count). The third-order valence-electron chi connectivity index (χ3n) is 3.25. The van der Waals surface area contributed by atoms with E-state index in [1.807, 2.05) is 0 Å². The summed E-state index contributed by atoms with van der Waals surface area (Å²) in [6.07, 6.45) is 2.60. The Balaban J connectivity index is 1.83. The number of rotatable bonds is 3. The summed E-state index contributed by atoms with van der Waals surface area (Å²) in [5, 5.41) is 7.09. The van der Waals surface area contributed by atoms with Crippen LogP contribution >= 0.6 is 0 Å². The summed E-state index contributed by atoms with van der Waals surface area (Å²) in [5.41, 5.74) is 3.10. The lowest BCUT2D eigenvalue weighted by molar-refractivity contribution is -0.120. The summed E-state index contributed by atoms with van der Waals surface area (Å²) < 4.78 is 1.25. The van der Waals surface area contributed by atoms with Crippen LogP contribution in [0.1, 0.15) is 27.6 Å². The molecule has 0 spiro atoms. The number of carbonyl (C=O) groups is 3. The van der Waals surface area contributed by atoms with Crippen LogP contribution in [-0.2, 0) is 4.79 Å². The minimum absolute atomic E-state index is 0.312. The summed E-state index contributed by atoms with van der Waals surface area (Å²) in [5.74, 6) is -1.45. The van der Waals surface area contributed by atoms with Gasteiger partial charge in [0.1, 0.15) is 18.7 Å². The van der Waals surface area contributed by atoms with Crippen LogP contribution in [0.25, 0.3) is 0 Å². The number of imide groups is 1. The summed E-state index contributed by atoms with van der Waals surface area (Å²) in [6, 6.07) is 5.55. The Bertz CT molecular complexity index is 690. The van der Waals surface area contributed by atoms with Crippen molar-refractivity contribution in [1.82, 2.24) is 19.8 Å². The first-order chi connectivity index (χ1) is 10.1. The summed E-state index contributed by atoms with van der Waals surface area (Å²) in [6.45, 7) is 1.49. The van der Waals surface area contributed by atoms with E-state index >= 15 is 0 Å². The Labute approximate surface area is 119 Å².